The molecule has 0 saturated carbocycles. The van der Waals surface area contributed by atoms with Crippen LogP contribution in [0.5, 0.6) is 0 Å². The second kappa shape index (κ2) is 16.6. The molecule has 0 N–H and O–H groups in total. The number of hydrogen-bond acceptors (Lipinski definition) is 4. The summed E-state index contributed by atoms with van der Waals surface area (Å²) in [7, 11) is 0. The molecule has 4 heteroatoms. The number of hydrogen-bond donors (Lipinski definition) is 0. The third-order valence-electron chi connectivity index (χ3n) is 13.3. The minimum atomic E-state index is 0.846. The number of fused-ring (bicyclic) bond motifs is 7. The Hall–Kier alpha value is -8.70. The summed E-state index contributed by atoms with van der Waals surface area (Å²) in [5, 5.41) is 7.03. The van der Waals surface area contributed by atoms with Gasteiger partial charge >= 0.3 is 0 Å². The molecule has 0 spiro atoms. The molecule has 0 saturated heterocycles. The smallest absolute Gasteiger partial charge is 0.159 e. The van der Waals surface area contributed by atoms with Crippen molar-refractivity contribution < 1.29 is 4.42 Å². The van der Waals surface area contributed by atoms with Crippen molar-refractivity contribution in [3.63, 3.8) is 0 Å². The first-order chi connectivity index (χ1) is 33.8. The minimum absolute atomic E-state index is 0.846. The maximum atomic E-state index is 6.89. The molecule has 68 heavy (non-hydrogen) atoms. The summed E-state index contributed by atoms with van der Waals surface area (Å²) in [5.74, 6) is 0. The van der Waals surface area contributed by atoms with Crippen LogP contribution < -0.4 is 9.80 Å². The summed E-state index contributed by atoms with van der Waals surface area (Å²) >= 11 is 1.84. The largest absolute Gasteiger partial charge is 0.454 e. The van der Waals surface area contributed by atoms with Crippen molar-refractivity contribution in [3.8, 4) is 33.4 Å². The zero-order valence-electron chi connectivity index (χ0n) is 37.0. The molecular weight excluding hydrogens is 845 g/mol. The second-order valence-electron chi connectivity index (χ2n) is 17.1. The fraction of sp³-hybridized carbons (Fsp3) is 0. The molecule has 0 amide bonds. The average molecular weight is 887 g/mol. The molecule has 320 valence electrons. The van der Waals surface area contributed by atoms with Crippen LogP contribution in [0, 0.1) is 0 Å². The van der Waals surface area contributed by atoms with Crippen molar-refractivity contribution in [2.24, 2.45) is 0 Å². The Bertz CT molecular complexity index is 3890. The molecule has 11 aromatic carbocycles. The molecule has 3 nitrogen and oxygen atoms in total. The molecular formula is C64H42N2OS. The highest BCUT2D eigenvalue weighted by molar-refractivity contribution is 7.26. The Balaban J connectivity index is 1.10. The number of anilines is 6. The predicted octanol–water partition coefficient (Wildman–Crippen LogP) is 19.0. The second-order valence-corrected chi connectivity index (χ2v) is 18.2. The number of benzene rings is 11. The summed E-state index contributed by atoms with van der Waals surface area (Å²) in [6.07, 6.45) is 0. The number of thiophene rings is 1. The van der Waals surface area contributed by atoms with Crippen LogP contribution >= 0.6 is 11.3 Å². The highest BCUT2D eigenvalue weighted by atomic mass is 32.1. The SMILES string of the molecule is c1ccc(-c2ccccc2N(c2ccccc2-c2ccccc2N(c2cccc3c2oc2ccccc23)c2cccc3c2sc2ccccc23)c2ccc(-c3ccccc3)c3ccccc23)cc1. The van der Waals surface area contributed by atoms with E-state index >= 15 is 0 Å². The van der Waals surface area contributed by atoms with Crippen LogP contribution in [0.1, 0.15) is 0 Å². The van der Waals surface area contributed by atoms with E-state index in [1.165, 1.54) is 36.7 Å². The molecule has 0 fully saturated rings. The maximum Gasteiger partial charge on any atom is 0.159 e. The Morgan fingerprint density at radius 3 is 1.44 bits per heavy atom. The summed E-state index contributed by atoms with van der Waals surface area (Å²) in [6, 6.07) is 91.9. The molecule has 0 aliphatic rings. The average Bonchev–Trinajstić information content (AvgIpc) is 4.00. The number of rotatable bonds is 9. The summed E-state index contributed by atoms with van der Waals surface area (Å²) in [4.78, 5) is 4.93. The van der Waals surface area contributed by atoms with Gasteiger partial charge in [0.2, 0.25) is 0 Å². The fourth-order valence-corrected chi connectivity index (χ4v) is 11.5. The van der Waals surface area contributed by atoms with E-state index in [-0.39, 0.29) is 0 Å². The lowest BCUT2D eigenvalue weighted by Gasteiger charge is -2.33. The van der Waals surface area contributed by atoms with Crippen LogP contribution in [0.3, 0.4) is 0 Å². The van der Waals surface area contributed by atoms with E-state index < -0.39 is 0 Å². The minimum Gasteiger partial charge on any atom is -0.454 e. The predicted molar refractivity (Wildman–Crippen MR) is 290 cm³/mol. The quantitative estimate of drug-likeness (QED) is 0.144. The van der Waals surface area contributed by atoms with Gasteiger partial charge in [0.25, 0.3) is 0 Å². The van der Waals surface area contributed by atoms with Gasteiger partial charge in [-0.25, -0.2) is 0 Å². The van der Waals surface area contributed by atoms with E-state index in [9.17, 15) is 0 Å². The summed E-state index contributed by atoms with van der Waals surface area (Å²) < 4.78 is 9.37. The first kappa shape index (κ1) is 39.6. The van der Waals surface area contributed by atoms with Gasteiger partial charge in [-0.3, -0.25) is 0 Å². The Labute approximate surface area is 398 Å². The maximum absolute atomic E-state index is 6.89. The third kappa shape index (κ3) is 6.57. The Morgan fingerprint density at radius 2 is 0.735 bits per heavy atom. The van der Waals surface area contributed by atoms with Crippen molar-refractivity contribution >= 4 is 98.3 Å². The van der Waals surface area contributed by atoms with E-state index in [1.807, 2.05) is 17.4 Å². The first-order valence-electron chi connectivity index (χ1n) is 23.1. The lowest BCUT2D eigenvalue weighted by Crippen LogP contribution is -2.15. The van der Waals surface area contributed by atoms with Gasteiger partial charge in [-0.1, -0.05) is 206 Å². The van der Waals surface area contributed by atoms with E-state index in [2.05, 4.69) is 259 Å². The molecule has 2 aromatic heterocycles. The van der Waals surface area contributed by atoms with Gasteiger partial charge in [-0.15, -0.1) is 11.3 Å². The van der Waals surface area contributed by atoms with Gasteiger partial charge in [-0.05, 0) is 70.6 Å². The van der Waals surface area contributed by atoms with Crippen LogP contribution in [0.15, 0.2) is 259 Å². The number of nitrogens with zero attached hydrogens (tertiary/aromatic N) is 2. The Morgan fingerprint density at radius 1 is 0.265 bits per heavy atom. The molecule has 2 heterocycles. The van der Waals surface area contributed by atoms with Gasteiger partial charge in [0, 0.05) is 48.3 Å². The third-order valence-corrected chi connectivity index (χ3v) is 14.5. The van der Waals surface area contributed by atoms with Gasteiger partial charge in [0.05, 0.1) is 38.8 Å². The molecule has 0 aliphatic carbocycles. The lowest BCUT2D eigenvalue weighted by atomic mass is 9.94. The summed E-state index contributed by atoms with van der Waals surface area (Å²) in [6.45, 7) is 0. The lowest BCUT2D eigenvalue weighted by molar-refractivity contribution is 0.669. The molecule has 0 bridgehead atoms. The van der Waals surface area contributed by atoms with Gasteiger partial charge < -0.3 is 14.2 Å². The highest BCUT2D eigenvalue weighted by Gasteiger charge is 2.28. The van der Waals surface area contributed by atoms with Gasteiger partial charge in [-0.2, -0.15) is 0 Å². The monoisotopic (exact) mass is 886 g/mol. The molecule has 0 atom stereocenters. The van der Waals surface area contributed by atoms with E-state index in [0.717, 1.165) is 83.7 Å². The summed E-state index contributed by atoms with van der Waals surface area (Å²) in [5.41, 5.74) is 14.9. The van der Waals surface area contributed by atoms with Crippen LogP contribution in [-0.2, 0) is 0 Å². The van der Waals surface area contributed by atoms with Crippen LogP contribution in [0.2, 0.25) is 0 Å². The molecule has 0 aliphatic heterocycles. The van der Waals surface area contributed by atoms with Crippen molar-refractivity contribution in [1.82, 2.24) is 0 Å². The zero-order chi connectivity index (χ0) is 45.0. The van der Waals surface area contributed by atoms with Crippen LogP contribution in [0.4, 0.5) is 34.1 Å². The van der Waals surface area contributed by atoms with Crippen molar-refractivity contribution in [2.45, 2.75) is 0 Å². The molecule has 13 aromatic rings. The number of para-hydroxylation sites is 5. The Kier molecular flexibility index (Phi) is 9.69. The van der Waals surface area contributed by atoms with E-state index in [1.54, 1.807) is 0 Å². The van der Waals surface area contributed by atoms with E-state index in [0.29, 0.717) is 0 Å². The topological polar surface area (TPSA) is 19.6 Å². The molecule has 0 unspecified atom stereocenters. The highest BCUT2D eigenvalue weighted by Crippen LogP contribution is 2.53. The standard InChI is InChI=1S/C64H42N2OS/c1-3-21-43(22-4-1)45-41-42-58(48-27-8-7-26-47(45)48)65(55-34-14-9-25-46(55)44-23-5-2-6-24-44)56-35-15-10-28-49(56)50-29-11-16-36-57(50)66(59-37-19-32-53-51-30-12-17-39-61(51)67-63(53)59)60-38-20-33-54-52-31-13-18-40-62(52)68-64(54)60/h1-42H. The normalized spacial score (nSPS) is 11.5. The van der Waals surface area contributed by atoms with Crippen molar-refractivity contribution in [3.05, 3.63) is 255 Å². The van der Waals surface area contributed by atoms with E-state index in [4.69, 9.17) is 4.42 Å². The van der Waals surface area contributed by atoms with Crippen LogP contribution in [0.25, 0.3) is 86.3 Å². The fourth-order valence-electron chi connectivity index (χ4n) is 10.3. The first-order valence-corrected chi connectivity index (χ1v) is 23.9. The van der Waals surface area contributed by atoms with Crippen LogP contribution in [-0.4, -0.2) is 0 Å². The van der Waals surface area contributed by atoms with Gasteiger partial charge in [0.15, 0.2) is 5.58 Å². The zero-order valence-corrected chi connectivity index (χ0v) is 37.8. The number of furan rings is 1. The van der Waals surface area contributed by atoms with Gasteiger partial charge in [0.1, 0.15) is 5.58 Å². The van der Waals surface area contributed by atoms with Crippen molar-refractivity contribution in [1.29, 1.82) is 0 Å². The molecule has 0 radical (unpaired) electrons. The molecule has 13 rings (SSSR count). The van der Waals surface area contributed by atoms with Crippen molar-refractivity contribution in [2.75, 3.05) is 9.80 Å².